The average molecular weight is 299 g/mol. The van der Waals surface area contributed by atoms with E-state index < -0.39 is 6.43 Å². The molecular formula is C16H23F2NS. The number of hydrogen-bond donors (Lipinski definition) is 1. The highest BCUT2D eigenvalue weighted by Gasteiger charge is 2.37. The van der Waals surface area contributed by atoms with Crippen LogP contribution in [0.2, 0.25) is 0 Å². The van der Waals surface area contributed by atoms with Crippen LogP contribution in [0.4, 0.5) is 8.78 Å². The minimum atomic E-state index is -2.24. The minimum absolute atomic E-state index is 0.123. The minimum Gasteiger partial charge on any atom is -0.314 e. The van der Waals surface area contributed by atoms with Crippen LogP contribution in [-0.2, 0) is 0 Å². The van der Waals surface area contributed by atoms with Crippen molar-refractivity contribution in [3.63, 3.8) is 0 Å². The highest BCUT2D eigenvalue weighted by atomic mass is 32.2. The van der Waals surface area contributed by atoms with Crippen LogP contribution in [0.1, 0.15) is 38.2 Å². The highest BCUT2D eigenvalue weighted by molar-refractivity contribution is 7.99. The second-order valence-electron chi connectivity index (χ2n) is 5.53. The van der Waals surface area contributed by atoms with Crippen LogP contribution in [0.15, 0.2) is 29.2 Å². The van der Waals surface area contributed by atoms with E-state index in [-0.39, 0.29) is 5.75 Å². The first kappa shape index (κ1) is 15.8. The fourth-order valence-corrected chi connectivity index (χ4v) is 3.44. The Morgan fingerprint density at radius 2 is 2.00 bits per heavy atom. The maximum absolute atomic E-state index is 12.2. The zero-order valence-corrected chi connectivity index (χ0v) is 12.9. The Bertz CT molecular complexity index is 407. The lowest BCUT2D eigenvalue weighted by Crippen LogP contribution is -2.48. The Hall–Kier alpha value is -0.610. The molecule has 1 aromatic carbocycles. The second-order valence-corrected chi connectivity index (χ2v) is 6.63. The van der Waals surface area contributed by atoms with Crippen molar-refractivity contribution in [3.8, 4) is 0 Å². The molecule has 4 heteroatoms. The van der Waals surface area contributed by atoms with Gasteiger partial charge in [0.25, 0.3) is 0 Å². The maximum atomic E-state index is 12.2. The summed E-state index contributed by atoms with van der Waals surface area (Å²) in [4.78, 5) is 0.932. The molecule has 0 saturated heterocycles. The summed E-state index contributed by atoms with van der Waals surface area (Å²) in [6.45, 7) is 5.56. The predicted molar refractivity (Wildman–Crippen MR) is 81.8 cm³/mol. The van der Waals surface area contributed by atoms with Gasteiger partial charge in [0.15, 0.2) is 0 Å². The number of halogens is 2. The topological polar surface area (TPSA) is 12.0 Å². The first-order chi connectivity index (χ1) is 9.61. The van der Waals surface area contributed by atoms with Gasteiger partial charge in [-0.05, 0) is 48.9 Å². The van der Waals surface area contributed by atoms with E-state index in [0.29, 0.717) is 17.9 Å². The molecule has 1 aliphatic carbocycles. The van der Waals surface area contributed by atoms with Gasteiger partial charge in [-0.25, -0.2) is 8.78 Å². The number of hydrogen-bond acceptors (Lipinski definition) is 2. The molecule has 1 N–H and O–H groups in total. The molecule has 0 radical (unpaired) electrons. The van der Waals surface area contributed by atoms with Gasteiger partial charge in [-0.1, -0.05) is 26.0 Å². The summed E-state index contributed by atoms with van der Waals surface area (Å²) < 4.78 is 24.3. The molecule has 3 unspecified atom stereocenters. The maximum Gasteiger partial charge on any atom is 0.247 e. The summed E-state index contributed by atoms with van der Waals surface area (Å²) in [5.41, 5.74) is 1.34. The second kappa shape index (κ2) is 7.41. The Morgan fingerprint density at radius 3 is 2.55 bits per heavy atom. The molecule has 20 heavy (non-hydrogen) atoms. The van der Waals surface area contributed by atoms with E-state index in [1.807, 2.05) is 12.1 Å². The summed E-state index contributed by atoms with van der Waals surface area (Å²) in [5.74, 6) is 1.14. The van der Waals surface area contributed by atoms with E-state index in [2.05, 4.69) is 31.3 Å². The monoisotopic (exact) mass is 299 g/mol. The van der Waals surface area contributed by atoms with Crippen LogP contribution in [-0.4, -0.2) is 24.8 Å². The first-order valence-electron chi connectivity index (χ1n) is 7.36. The zero-order chi connectivity index (χ0) is 14.5. The van der Waals surface area contributed by atoms with Crippen LogP contribution in [0.5, 0.6) is 0 Å². The van der Waals surface area contributed by atoms with Crippen molar-refractivity contribution in [2.45, 2.75) is 50.0 Å². The van der Waals surface area contributed by atoms with E-state index >= 15 is 0 Å². The lowest BCUT2D eigenvalue weighted by atomic mass is 9.67. The molecular weight excluding hydrogens is 276 g/mol. The Kier molecular flexibility index (Phi) is 5.85. The lowest BCUT2D eigenvalue weighted by Gasteiger charge is -2.44. The Labute approximate surface area is 124 Å². The van der Waals surface area contributed by atoms with Crippen molar-refractivity contribution in [1.29, 1.82) is 0 Å². The molecule has 0 bridgehead atoms. The van der Waals surface area contributed by atoms with Crippen LogP contribution < -0.4 is 5.32 Å². The molecule has 0 spiro atoms. The Balaban J connectivity index is 1.85. The van der Waals surface area contributed by atoms with Gasteiger partial charge in [0.1, 0.15) is 0 Å². The number of alkyl halides is 2. The summed E-state index contributed by atoms with van der Waals surface area (Å²) in [6.07, 6.45) is 0.117. The normalized spacial score (nSPS) is 25.8. The fraction of sp³-hybridized carbons (Fsp3) is 0.625. The molecule has 0 heterocycles. The van der Waals surface area contributed by atoms with Crippen LogP contribution in [0, 0.1) is 5.92 Å². The van der Waals surface area contributed by atoms with Gasteiger partial charge < -0.3 is 5.32 Å². The summed E-state index contributed by atoms with van der Waals surface area (Å²) >= 11 is 1.22. The quantitative estimate of drug-likeness (QED) is 0.742. The third kappa shape index (κ3) is 3.95. The summed E-state index contributed by atoms with van der Waals surface area (Å²) in [6, 6.07) is 8.78. The van der Waals surface area contributed by atoms with Gasteiger partial charge >= 0.3 is 0 Å². The number of rotatable bonds is 7. The largest absolute Gasteiger partial charge is 0.314 e. The molecule has 1 saturated carbocycles. The molecule has 0 amide bonds. The fourth-order valence-electron chi connectivity index (χ4n) is 2.80. The van der Waals surface area contributed by atoms with Crippen LogP contribution in [0.25, 0.3) is 0 Å². The number of thioether (sulfide) groups is 1. The Morgan fingerprint density at radius 1 is 1.30 bits per heavy atom. The summed E-state index contributed by atoms with van der Waals surface area (Å²) in [7, 11) is 0. The standard InChI is InChI=1S/C16H23F2NS/c1-3-8-19-15-9-14(11(15)2)12-4-6-13(7-5-12)20-10-16(17)18/h4-7,11,14-16,19H,3,8-10H2,1-2H3. The van der Waals surface area contributed by atoms with E-state index in [4.69, 9.17) is 0 Å². The van der Waals surface area contributed by atoms with Gasteiger partial charge in [-0.2, -0.15) is 0 Å². The van der Waals surface area contributed by atoms with Crippen LogP contribution in [0.3, 0.4) is 0 Å². The third-order valence-corrected chi connectivity index (χ3v) is 5.14. The van der Waals surface area contributed by atoms with E-state index in [0.717, 1.165) is 11.4 Å². The highest BCUT2D eigenvalue weighted by Crippen LogP contribution is 2.42. The van der Waals surface area contributed by atoms with E-state index in [1.165, 1.54) is 30.2 Å². The molecule has 1 fully saturated rings. The van der Waals surface area contributed by atoms with E-state index in [1.54, 1.807) is 0 Å². The number of nitrogens with one attached hydrogen (secondary N) is 1. The molecule has 0 aliphatic heterocycles. The molecule has 1 aromatic rings. The van der Waals surface area contributed by atoms with Gasteiger partial charge in [0.05, 0.1) is 5.75 Å². The van der Waals surface area contributed by atoms with Gasteiger partial charge in [0.2, 0.25) is 6.43 Å². The van der Waals surface area contributed by atoms with Gasteiger partial charge in [-0.15, -0.1) is 11.8 Å². The zero-order valence-electron chi connectivity index (χ0n) is 12.1. The van der Waals surface area contributed by atoms with Crippen molar-refractivity contribution in [2.24, 2.45) is 5.92 Å². The van der Waals surface area contributed by atoms with Crippen molar-refractivity contribution in [1.82, 2.24) is 5.32 Å². The smallest absolute Gasteiger partial charge is 0.247 e. The van der Waals surface area contributed by atoms with Crippen molar-refractivity contribution < 1.29 is 8.78 Å². The molecule has 1 aliphatic rings. The first-order valence-corrected chi connectivity index (χ1v) is 8.34. The van der Waals surface area contributed by atoms with Gasteiger partial charge in [-0.3, -0.25) is 0 Å². The van der Waals surface area contributed by atoms with Gasteiger partial charge in [0, 0.05) is 10.9 Å². The SMILES string of the molecule is CCCNC1CC(c2ccc(SCC(F)F)cc2)C1C. The third-order valence-electron chi connectivity index (χ3n) is 4.12. The molecule has 0 aromatic heterocycles. The lowest BCUT2D eigenvalue weighted by molar-refractivity contribution is 0.177. The average Bonchev–Trinajstić information content (AvgIpc) is 2.45. The number of benzene rings is 1. The van der Waals surface area contributed by atoms with Crippen molar-refractivity contribution in [3.05, 3.63) is 29.8 Å². The van der Waals surface area contributed by atoms with E-state index in [9.17, 15) is 8.78 Å². The molecule has 1 nitrogen and oxygen atoms in total. The summed E-state index contributed by atoms with van der Waals surface area (Å²) in [5, 5.41) is 3.57. The molecule has 112 valence electrons. The molecule has 3 atom stereocenters. The van der Waals surface area contributed by atoms with Crippen LogP contribution >= 0.6 is 11.8 Å². The predicted octanol–water partition coefficient (Wildman–Crippen LogP) is 4.54. The van der Waals surface area contributed by atoms with Crippen molar-refractivity contribution >= 4 is 11.8 Å². The van der Waals surface area contributed by atoms with Crippen molar-refractivity contribution in [2.75, 3.05) is 12.3 Å². The molecule has 2 rings (SSSR count).